The van der Waals surface area contributed by atoms with Gasteiger partial charge in [0, 0.05) is 29.3 Å². The first kappa shape index (κ1) is 23.3. The summed E-state index contributed by atoms with van der Waals surface area (Å²) in [6, 6.07) is 9.63. The fourth-order valence-corrected chi connectivity index (χ4v) is 3.24. The molecule has 5 N–H and O–H groups in total. The topological polar surface area (TPSA) is 127 Å². The number of aliphatic hydroxyl groups is 1. The molecule has 3 amide bonds. The van der Waals surface area contributed by atoms with Crippen LogP contribution in [0, 0.1) is 0 Å². The number of halogens is 1. The van der Waals surface area contributed by atoms with Crippen LogP contribution < -0.4 is 21.1 Å². The van der Waals surface area contributed by atoms with E-state index in [1.165, 1.54) is 0 Å². The van der Waals surface area contributed by atoms with Gasteiger partial charge in [-0.1, -0.05) is 25.4 Å². The molecule has 4 rings (SSSR count). The minimum atomic E-state index is -0.654. The lowest BCUT2D eigenvalue weighted by Crippen LogP contribution is -2.30. The predicted octanol–water partition coefficient (Wildman–Crippen LogP) is 4.58. The number of pyridine rings is 1. The molecular formula is C23H25ClN4O4. The van der Waals surface area contributed by atoms with Crippen molar-refractivity contribution in [3.63, 3.8) is 0 Å². The number of fused-ring (bicyclic) bond motifs is 1. The van der Waals surface area contributed by atoms with Gasteiger partial charge in [-0.25, -0.2) is 4.79 Å². The maximum Gasteiger partial charge on any atom is 0.319 e. The molecule has 168 valence electrons. The number of anilines is 1. The minimum Gasteiger partial charge on any atom is -0.457 e. The van der Waals surface area contributed by atoms with Gasteiger partial charge in [-0.3, -0.25) is 9.78 Å². The van der Waals surface area contributed by atoms with Gasteiger partial charge < -0.3 is 26.2 Å². The SMILES string of the molecule is CC.NC(=O)c1cc2c(Oc3ccc(NC(=O)NC4CC4)c(Cl)c3)ccnc2cc1CO. The quantitative estimate of drug-likeness (QED) is 0.431. The standard InChI is InChI=1S/C21H19ClN4O4.C2H6/c22-16-8-13(3-4-17(16)26-21(29)25-12-1-2-12)30-19-5-6-24-18-7-11(10-27)14(20(23)28)9-15(18)19;1-2/h3-9,12,27H,1-2,10H2,(H2,23,28)(H2,25,26,29);1-2H3. The maximum absolute atomic E-state index is 11.9. The lowest BCUT2D eigenvalue weighted by atomic mass is 10.0. The number of aromatic nitrogens is 1. The first-order chi connectivity index (χ1) is 15.4. The van der Waals surface area contributed by atoms with Crippen LogP contribution >= 0.6 is 11.6 Å². The molecule has 1 aromatic heterocycles. The molecule has 1 aliphatic rings. The third kappa shape index (κ3) is 5.46. The Hall–Kier alpha value is -3.36. The number of benzene rings is 2. The zero-order chi connectivity index (χ0) is 23.3. The molecule has 0 saturated heterocycles. The second-order valence-electron chi connectivity index (χ2n) is 6.97. The normalized spacial score (nSPS) is 12.5. The molecule has 1 fully saturated rings. The fourth-order valence-electron chi connectivity index (χ4n) is 3.02. The minimum absolute atomic E-state index is 0.196. The largest absolute Gasteiger partial charge is 0.457 e. The molecule has 8 nitrogen and oxygen atoms in total. The highest BCUT2D eigenvalue weighted by molar-refractivity contribution is 6.33. The Kier molecular flexibility index (Phi) is 7.50. The van der Waals surface area contributed by atoms with Gasteiger partial charge in [0.25, 0.3) is 0 Å². The Labute approximate surface area is 190 Å². The van der Waals surface area contributed by atoms with Gasteiger partial charge in [-0.15, -0.1) is 0 Å². The molecular weight excluding hydrogens is 432 g/mol. The van der Waals surface area contributed by atoms with Crippen molar-refractivity contribution in [3.05, 3.63) is 58.7 Å². The number of aliphatic hydroxyl groups excluding tert-OH is 1. The van der Waals surface area contributed by atoms with Gasteiger partial charge >= 0.3 is 6.03 Å². The molecule has 3 aromatic rings. The van der Waals surface area contributed by atoms with E-state index in [1.54, 1.807) is 42.6 Å². The predicted molar refractivity (Wildman–Crippen MR) is 124 cm³/mol. The molecule has 9 heteroatoms. The van der Waals surface area contributed by atoms with E-state index in [1.807, 2.05) is 13.8 Å². The van der Waals surface area contributed by atoms with Gasteiger partial charge in [0.2, 0.25) is 5.91 Å². The summed E-state index contributed by atoms with van der Waals surface area (Å²) >= 11 is 6.29. The van der Waals surface area contributed by atoms with E-state index < -0.39 is 5.91 Å². The highest BCUT2D eigenvalue weighted by Crippen LogP contribution is 2.34. The van der Waals surface area contributed by atoms with Gasteiger partial charge in [-0.05, 0) is 48.7 Å². The Bertz CT molecular complexity index is 1150. The molecule has 0 spiro atoms. The van der Waals surface area contributed by atoms with Crippen molar-refractivity contribution in [2.24, 2.45) is 5.73 Å². The highest BCUT2D eigenvalue weighted by Gasteiger charge is 2.23. The Morgan fingerprint density at radius 2 is 1.97 bits per heavy atom. The Morgan fingerprint density at radius 1 is 1.22 bits per heavy atom. The number of ether oxygens (including phenoxy) is 1. The van der Waals surface area contributed by atoms with E-state index in [2.05, 4.69) is 15.6 Å². The highest BCUT2D eigenvalue weighted by atomic mass is 35.5. The van der Waals surface area contributed by atoms with Crippen molar-refractivity contribution in [1.29, 1.82) is 0 Å². The van der Waals surface area contributed by atoms with E-state index in [4.69, 9.17) is 22.1 Å². The molecule has 32 heavy (non-hydrogen) atoms. The number of nitrogens with two attached hydrogens (primary N) is 1. The second-order valence-corrected chi connectivity index (χ2v) is 7.38. The number of rotatable bonds is 6. The third-order valence-corrected chi connectivity index (χ3v) is 5.00. The average molecular weight is 457 g/mol. The molecule has 0 radical (unpaired) electrons. The first-order valence-electron chi connectivity index (χ1n) is 10.3. The third-order valence-electron chi connectivity index (χ3n) is 4.69. The van der Waals surface area contributed by atoms with Crippen LogP contribution in [0.4, 0.5) is 10.5 Å². The van der Waals surface area contributed by atoms with Crippen molar-refractivity contribution in [2.75, 3.05) is 5.32 Å². The smallest absolute Gasteiger partial charge is 0.319 e. The zero-order valence-corrected chi connectivity index (χ0v) is 18.6. The average Bonchev–Trinajstić information content (AvgIpc) is 3.60. The summed E-state index contributed by atoms with van der Waals surface area (Å²) in [5.41, 5.74) is 7.02. The molecule has 1 heterocycles. The van der Waals surface area contributed by atoms with E-state index in [9.17, 15) is 14.7 Å². The summed E-state index contributed by atoms with van der Waals surface area (Å²) in [4.78, 5) is 27.9. The van der Waals surface area contributed by atoms with Crippen LogP contribution in [-0.4, -0.2) is 28.1 Å². The van der Waals surface area contributed by atoms with Gasteiger partial charge in [0.15, 0.2) is 0 Å². The molecule has 1 aliphatic carbocycles. The van der Waals surface area contributed by atoms with E-state index in [0.29, 0.717) is 38.7 Å². The van der Waals surface area contributed by atoms with E-state index in [0.717, 1.165) is 12.8 Å². The van der Waals surface area contributed by atoms with Crippen LogP contribution in [0.5, 0.6) is 11.5 Å². The number of carbonyl (C=O) groups excluding carboxylic acids is 2. The molecule has 0 atom stereocenters. The summed E-state index contributed by atoms with van der Waals surface area (Å²) in [5.74, 6) is 0.224. The second kappa shape index (κ2) is 10.3. The fraction of sp³-hybridized carbons (Fsp3) is 0.261. The molecule has 1 saturated carbocycles. The van der Waals surface area contributed by atoms with Gasteiger partial charge in [0.1, 0.15) is 11.5 Å². The lowest BCUT2D eigenvalue weighted by molar-refractivity contribution is 0.0997. The number of primary amides is 1. The number of amides is 3. The number of carbonyl (C=O) groups is 2. The number of nitrogens with one attached hydrogen (secondary N) is 2. The zero-order valence-electron chi connectivity index (χ0n) is 17.8. The summed E-state index contributed by atoms with van der Waals surface area (Å²) in [5, 5.41) is 15.9. The van der Waals surface area contributed by atoms with Crippen molar-refractivity contribution >= 4 is 40.1 Å². The Morgan fingerprint density at radius 3 is 2.59 bits per heavy atom. The molecule has 2 aromatic carbocycles. The lowest BCUT2D eigenvalue weighted by Gasteiger charge is -2.13. The monoisotopic (exact) mass is 456 g/mol. The first-order valence-corrected chi connectivity index (χ1v) is 10.7. The summed E-state index contributed by atoms with van der Waals surface area (Å²) < 4.78 is 5.95. The van der Waals surface area contributed by atoms with Gasteiger partial charge in [-0.2, -0.15) is 0 Å². The summed E-state index contributed by atoms with van der Waals surface area (Å²) in [7, 11) is 0. The number of hydrogen-bond donors (Lipinski definition) is 4. The van der Waals surface area contributed by atoms with Crippen LogP contribution in [0.1, 0.15) is 42.6 Å². The van der Waals surface area contributed by atoms with Crippen LogP contribution in [0.25, 0.3) is 10.9 Å². The number of urea groups is 1. The van der Waals surface area contributed by atoms with Crippen molar-refractivity contribution < 1.29 is 19.4 Å². The van der Waals surface area contributed by atoms with E-state index in [-0.39, 0.29) is 24.2 Å². The maximum atomic E-state index is 11.9. The number of hydrogen-bond acceptors (Lipinski definition) is 5. The van der Waals surface area contributed by atoms with Crippen molar-refractivity contribution in [1.82, 2.24) is 10.3 Å². The number of nitrogens with zero attached hydrogens (tertiary/aromatic N) is 1. The van der Waals surface area contributed by atoms with Crippen LogP contribution in [0.3, 0.4) is 0 Å². The van der Waals surface area contributed by atoms with Crippen LogP contribution in [-0.2, 0) is 6.61 Å². The molecule has 0 unspecified atom stereocenters. The van der Waals surface area contributed by atoms with Gasteiger partial charge in [0.05, 0.1) is 22.8 Å². The molecule has 0 bridgehead atoms. The molecule has 0 aliphatic heterocycles. The van der Waals surface area contributed by atoms with Crippen LogP contribution in [0.15, 0.2) is 42.6 Å². The summed E-state index contributed by atoms with van der Waals surface area (Å²) in [6.45, 7) is 3.67. The van der Waals surface area contributed by atoms with Crippen molar-refractivity contribution in [3.8, 4) is 11.5 Å². The Balaban J connectivity index is 0.00000141. The van der Waals surface area contributed by atoms with Crippen LogP contribution in [0.2, 0.25) is 5.02 Å². The van der Waals surface area contributed by atoms with E-state index >= 15 is 0 Å². The van der Waals surface area contributed by atoms with Crippen molar-refractivity contribution in [2.45, 2.75) is 39.3 Å². The summed E-state index contributed by atoms with van der Waals surface area (Å²) in [6.07, 6.45) is 3.54.